The van der Waals surface area contributed by atoms with Gasteiger partial charge in [-0.05, 0) is 11.6 Å². The highest BCUT2D eigenvalue weighted by Gasteiger charge is 1.82. The van der Waals surface area contributed by atoms with E-state index in [1.807, 2.05) is 0 Å². The van der Waals surface area contributed by atoms with Crippen LogP contribution in [0.5, 0.6) is 0 Å². The van der Waals surface area contributed by atoms with Crippen LogP contribution in [0.15, 0.2) is 0 Å². The molecule has 0 aromatic rings. The Morgan fingerprint density at radius 1 is 1.56 bits per heavy atom. The zero-order chi connectivity index (χ0) is 7.86. The van der Waals surface area contributed by atoms with Gasteiger partial charge in [-0.15, -0.1) is 0 Å². The van der Waals surface area contributed by atoms with Crippen LogP contribution in [-0.4, -0.2) is 28.0 Å². The van der Waals surface area contributed by atoms with Gasteiger partial charge in [0.25, 0.3) is 5.97 Å². The quantitative estimate of drug-likeness (QED) is 0.515. The molecule has 0 aromatic carbocycles. The van der Waals surface area contributed by atoms with Gasteiger partial charge in [-0.3, -0.25) is 9.59 Å². The fourth-order valence-corrected chi connectivity index (χ4v) is 0. The van der Waals surface area contributed by atoms with Crippen LogP contribution in [0.1, 0.15) is 6.92 Å². The molecule has 9 heavy (non-hydrogen) atoms. The van der Waals surface area contributed by atoms with Crippen molar-refractivity contribution in [3.05, 3.63) is 0 Å². The number of aliphatic hydroxyl groups is 1. The van der Waals surface area contributed by atoms with Crippen LogP contribution in [0.2, 0.25) is 0 Å². The van der Waals surface area contributed by atoms with Gasteiger partial charge in [0.05, 0.1) is 0 Å². The summed E-state index contributed by atoms with van der Waals surface area (Å²) in [7, 11) is 0. The summed E-state index contributed by atoms with van der Waals surface area (Å²) < 4.78 is 0. The molecule has 0 saturated carbocycles. The number of carboxylic acids is 1. The molecule has 0 heterocycles. The van der Waals surface area contributed by atoms with Crippen molar-refractivity contribution in [1.82, 2.24) is 0 Å². The Bertz CT molecular complexity index is 96.7. The van der Waals surface area contributed by atoms with E-state index >= 15 is 0 Å². The minimum absolute atomic E-state index is 0.568. The van der Waals surface area contributed by atoms with E-state index < -0.39 is 17.8 Å². The summed E-state index contributed by atoms with van der Waals surface area (Å²) in [6, 6.07) is 0. The number of carbonyl (C=O) groups excluding carboxylic acids is 1. The van der Waals surface area contributed by atoms with E-state index in [1.54, 1.807) is 0 Å². The molecule has 0 aliphatic carbocycles. The van der Waals surface area contributed by atoms with Gasteiger partial charge in [0, 0.05) is 6.92 Å². The van der Waals surface area contributed by atoms with E-state index in [-0.39, 0.29) is 0 Å². The minimum atomic E-state index is -0.833. The Morgan fingerprint density at radius 2 is 1.67 bits per heavy atom. The molecule has 0 amide bonds. The van der Waals surface area contributed by atoms with Gasteiger partial charge in [0.1, 0.15) is 6.61 Å². The Labute approximate surface area is 57.1 Å². The number of hydrogen-bond donors (Lipinski definition) is 2. The molecule has 0 aliphatic rings. The van der Waals surface area contributed by atoms with E-state index in [2.05, 4.69) is 11.6 Å². The van der Waals surface area contributed by atoms with Gasteiger partial charge in [0.15, 0.2) is 0 Å². The van der Waals surface area contributed by atoms with Crippen molar-refractivity contribution < 1.29 is 19.8 Å². The Kier molecular flexibility index (Phi) is 9.21. The number of carboxylic acid groups (broad SMARTS) is 1. The molecule has 54 valence electrons. The standard InChI is InChI=1S/C2H3ClO2.C2H4O2/c3-2(5)1-4;1-2(3)4/h4H,1H2;1H3,(H,3,4). The van der Waals surface area contributed by atoms with E-state index in [0.717, 1.165) is 6.92 Å². The molecule has 0 aliphatic heterocycles. The van der Waals surface area contributed by atoms with Gasteiger partial charge in [0.2, 0.25) is 5.24 Å². The van der Waals surface area contributed by atoms with Crippen molar-refractivity contribution in [2.75, 3.05) is 6.61 Å². The molecular formula is C4H7ClO4. The molecule has 5 heteroatoms. The highest BCUT2D eigenvalue weighted by Crippen LogP contribution is 1.70. The molecular weight excluding hydrogens is 147 g/mol. The van der Waals surface area contributed by atoms with Crippen molar-refractivity contribution in [3.8, 4) is 0 Å². The summed E-state index contributed by atoms with van der Waals surface area (Å²) in [5, 5.41) is 14.4. The number of carbonyl (C=O) groups is 2. The topological polar surface area (TPSA) is 74.6 Å². The first kappa shape index (κ1) is 11.2. The highest BCUT2D eigenvalue weighted by atomic mass is 35.5. The Balaban J connectivity index is 0. The maximum absolute atomic E-state index is 9.33. The maximum atomic E-state index is 9.33. The third-order valence-corrected chi connectivity index (χ3v) is 0.244. The highest BCUT2D eigenvalue weighted by molar-refractivity contribution is 6.63. The van der Waals surface area contributed by atoms with Gasteiger partial charge < -0.3 is 10.2 Å². The summed E-state index contributed by atoms with van der Waals surface area (Å²) in [6.45, 7) is 0.515. The van der Waals surface area contributed by atoms with Crippen LogP contribution in [0.3, 0.4) is 0 Å². The first-order valence-corrected chi connectivity index (χ1v) is 2.37. The lowest BCUT2D eigenvalue weighted by molar-refractivity contribution is -0.134. The second-order valence-electron chi connectivity index (χ2n) is 1.03. The second-order valence-corrected chi connectivity index (χ2v) is 1.45. The van der Waals surface area contributed by atoms with Gasteiger partial charge in [-0.1, -0.05) is 0 Å². The maximum Gasteiger partial charge on any atom is 0.300 e. The molecule has 0 atom stereocenters. The smallest absolute Gasteiger partial charge is 0.300 e. The average Bonchev–Trinajstić information content (AvgIpc) is 1.65. The third-order valence-electron chi connectivity index (χ3n) is 0.124. The normalized spacial score (nSPS) is 7.00. The number of halogens is 1. The zero-order valence-corrected chi connectivity index (χ0v) is 5.55. The first-order valence-electron chi connectivity index (χ1n) is 1.99. The molecule has 0 bridgehead atoms. The minimum Gasteiger partial charge on any atom is -0.481 e. The largest absolute Gasteiger partial charge is 0.481 e. The summed E-state index contributed by atoms with van der Waals surface area (Å²) in [6.07, 6.45) is 0. The SMILES string of the molecule is CC(=O)O.O=C(Cl)CO. The summed E-state index contributed by atoms with van der Waals surface area (Å²) in [5.41, 5.74) is 0. The molecule has 0 rings (SSSR count). The number of aliphatic hydroxyl groups excluding tert-OH is 1. The van der Waals surface area contributed by atoms with Crippen LogP contribution >= 0.6 is 11.6 Å². The third kappa shape index (κ3) is 111. The van der Waals surface area contributed by atoms with Crippen LogP contribution in [0.4, 0.5) is 0 Å². The summed E-state index contributed by atoms with van der Waals surface area (Å²) in [5.74, 6) is -0.833. The first-order chi connectivity index (χ1) is 4.00. The van der Waals surface area contributed by atoms with Crippen molar-refractivity contribution in [2.45, 2.75) is 6.92 Å². The van der Waals surface area contributed by atoms with Crippen LogP contribution in [0, 0.1) is 0 Å². The average molecular weight is 155 g/mol. The van der Waals surface area contributed by atoms with Crippen molar-refractivity contribution >= 4 is 22.8 Å². The Hall–Kier alpha value is -0.610. The van der Waals surface area contributed by atoms with Crippen LogP contribution < -0.4 is 0 Å². The van der Waals surface area contributed by atoms with E-state index in [0.29, 0.717) is 0 Å². The number of aliphatic carboxylic acids is 1. The van der Waals surface area contributed by atoms with Gasteiger partial charge >= 0.3 is 0 Å². The molecule has 0 spiro atoms. The fraction of sp³-hybridized carbons (Fsp3) is 0.500. The van der Waals surface area contributed by atoms with Crippen LogP contribution in [-0.2, 0) is 9.59 Å². The van der Waals surface area contributed by atoms with Crippen molar-refractivity contribution in [1.29, 1.82) is 0 Å². The Morgan fingerprint density at radius 3 is 1.67 bits per heavy atom. The summed E-state index contributed by atoms with van der Waals surface area (Å²) in [4.78, 5) is 18.3. The second kappa shape index (κ2) is 7.39. The molecule has 0 aromatic heterocycles. The lowest BCUT2D eigenvalue weighted by Crippen LogP contribution is -1.89. The number of rotatable bonds is 1. The van der Waals surface area contributed by atoms with Gasteiger partial charge in [-0.25, -0.2) is 0 Å². The monoisotopic (exact) mass is 154 g/mol. The van der Waals surface area contributed by atoms with Crippen LogP contribution in [0.25, 0.3) is 0 Å². The fourth-order valence-electron chi connectivity index (χ4n) is 0. The molecule has 0 fully saturated rings. The van der Waals surface area contributed by atoms with Crippen molar-refractivity contribution in [2.24, 2.45) is 0 Å². The lowest BCUT2D eigenvalue weighted by Gasteiger charge is -1.68. The lowest BCUT2D eigenvalue weighted by atomic mass is 10.8. The van der Waals surface area contributed by atoms with E-state index in [1.165, 1.54) is 0 Å². The molecule has 0 saturated heterocycles. The molecule has 0 unspecified atom stereocenters. The van der Waals surface area contributed by atoms with Crippen molar-refractivity contribution in [3.63, 3.8) is 0 Å². The number of hydrogen-bond acceptors (Lipinski definition) is 3. The molecule has 2 N–H and O–H groups in total. The molecule has 4 nitrogen and oxygen atoms in total. The predicted octanol–water partition coefficient (Wildman–Crippen LogP) is -0.165. The predicted molar refractivity (Wildman–Crippen MR) is 31.3 cm³/mol. The zero-order valence-electron chi connectivity index (χ0n) is 4.80. The summed E-state index contributed by atoms with van der Waals surface area (Å²) >= 11 is 4.57. The van der Waals surface area contributed by atoms with E-state index in [4.69, 9.17) is 15.0 Å². The van der Waals surface area contributed by atoms with Gasteiger partial charge in [-0.2, -0.15) is 0 Å². The van der Waals surface area contributed by atoms with E-state index in [9.17, 15) is 4.79 Å². The molecule has 0 radical (unpaired) electrons.